The molecule has 0 saturated heterocycles. The zero-order chi connectivity index (χ0) is 15.2. The largest absolute Gasteiger partial charge is 0.495 e. The van der Waals surface area contributed by atoms with Gasteiger partial charge < -0.3 is 10.1 Å². The molecule has 0 heterocycles. The topological polar surface area (TPSA) is 68.8 Å². The highest BCUT2D eigenvalue weighted by Crippen LogP contribution is 2.26. The number of benzene rings is 2. The van der Waals surface area contributed by atoms with E-state index in [1.54, 1.807) is 25.3 Å². The van der Waals surface area contributed by atoms with Gasteiger partial charge in [0.05, 0.1) is 36.1 Å². The van der Waals surface area contributed by atoms with Gasteiger partial charge in [-0.15, -0.1) is 0 Å². The van der Waals surface area contributed by atoms with Crippen LogP contribution >= 0.6 is 0 Å². The van der Waals surface area contributed by atoms with Crippen molar-refractivity contribution in [1.82, 2.24) is 0 Å². The normalized spacial score (nSPS) is 9.52. The fourth-order valence-corrected chi connectivity index (χ4v) is 2.06. The molecule has 2 aromatic rings. The molecular weight excluding hydrogens is 262 g/mol. The molecule has 0 aromatic heterocycles. The maximum absolute atomic E-state index is 8.89. The second kappa shape index (κ2) is 6.45. The van der Waals surface area contributed by atoms with E-state index in [4.69, 9.17) is 15.3 Å². The summed E-state index contributed by atoms with van der Waals surface area (Å²) >= 11 is 0. The maximum atomic E-state index is 8.89. The van der Waals surface area contributed by atoms with E-state index < -0.39 is 0 Å². The smallest absolute Gasteiger partial charge is 0.143 e. The number of methoxy groups -OCH3 is 1. The average Bonchev–Trinajstić information content (AvgIpc) is 2.53. The van der Waals surface area contributed by atoms with E-state index in [0.717, 1.165) is 16.8 Å². The van der Waals surface area contributed by atoms with Gasteiger partial charge in [-0.2, -0.15) is 10.5 Å². The van der Waals surface area contributed by atoms with Crippen LogP contribution in [0.25, 0.3) is 0 Å². The Bertz CT molecular complexity index is 739. The Balaban J connectivity index is 2.17. The van der Waals surface area contributed by atoms with Crippen LogP contribution in [0.5, 0.6) is 5.75 Å². The highest BCUT2D eigenvalue weighted by atomic mass is 16.5. The molecule has 0 aliphatic carbocycles. The van der Waals surface area contributed by atoms with Crippen molar-refractivity contribution < 1.29 is 4.74 Å². The van der Waals surface area contributed by atoms with Gasteiger partial charge in [0.15, 0.2) is 0 Å². The number of nitriles is 2. The van der Waals surface area contributed by atoms with Crippen LogP contribution in [0.3, 0.4) is 0 Å². The molecule has 0 spiro atoms. The van der Waals surface area contributed by atoms with Gasteiger partial charge in [0.25, 0.3) is 0 Å². The maximum Gasteiger partial charge on any atom is 0.143 e. The zero-order valence-corrected chi connectivity index (χ0v) is 12.0. The summed E-state index contributed by atoms with van der Waals surface area (Å²) in [6.07, 6.45) is 0. The molecule has 0 aliphatic rings. The van der Waals surface area contributed by atoms with Crippen LogP contribution in [0.1, 0.15) is 22.3 Å². The van der Waals surface area contributed by atoms with Crippen molar-refractivity contribution in [1.29, 1.82) is 10.5 Å². The molecule has 0 saturated carbocycles. The van der Waals surface area contributed by atoms with E-state index >= 15 is 0 Å². The molecule has 0 atom stereocenters. The molecule has 0 aliphatic heterocycles. The fourth-order valence-electron chi connectivity index (χ4n) is 2.06. The van der Waals surface area contributed by atoms with Gasteiger partial charge >= 0.3 is 0 Å². The fraction of sp³-hybridized carbons (Fsp3) is 0.176. The summed E-state index contributed by atoms with van der Waals surface area (Å²) < 4.78 is 5.29. The predicted octanol–water partition coefficient (Wildman–Crippen LogP) is 3.36. The van der Waals surface area contributed by atoms with Crippen molar-refractivity contribution in [3.05, 3.63) is 58.7 Å². The molecular formula is C17H15N3O. The summed E-state index contributed by atoms with van der Waals surface area (Å²) in [6.45, 7) is 2.60. The van der Waals surface area contributed by atoms with Crippen LogP contribution in [0.4, 0.5) is 5.69 Å². The van der Waals surface area contributed by atoms with Crippen LogP contribution in [0.2, 0.25) is 0 Å². The number of hydrogen-bond donors (Lipinski definition) is 1. The number of anilines is 1. The van der Waals surface area contributed by atoms with Crippen molar-refractivity contribution in [3.63, 3.8) is 0 Å². The van der Waals surface area contributed by atoms with Gasteiger partial charge in [-0.1, -0.05) is 6.07 Å². The number of rotatable bonds is 4. The Hall–Kier alpha value is -2.98. The van der Waals surface area contributed by atoms with E-state index in [-0.39, 0.29) is 0 Å². The van der Waals surface area contributed by atoms with Crippen molar-refractivity contribution in [2.75, 3.05) is 12.4 Å². The monoisotopic (exact) mass is 277 g/mol. The first-order valence-electron chi connectivity index (χ1n) is 6.49. The van der Waals surface area contributed by atoms with Gasteiger partial charge in [0.1, 0.15) is 5.75 Å². The highest BCUT2D eigenvalue weighted by Gasteiger charge is 2.05. The molecule has 1 N–H and O–H groups in total. The number of hydrogen-bond acceptors (Lipinski definition) is 4. The summed E-state index contributed by atoms with van der Waals surface area (Å²) in [5.41, 5.74) is 4.23. The van der Waals surface area contributed by atoms with Gasteiger partial charge in [0.2, 0.25) is 0 Å². The van der Waals surface area contributed by atoms with Crippen LogP contribution in [0, 0.1) is 29.6 Å². The number of nitrogens with one attached hydrogen (secondary N) is 1. The first-order chi connectivity index (χ1) is 10.2. The molecule has 104 valence electrons. The molecule has 0 unspecified atom stereocenters. The van der Waals surface area contributed by atoms with Gasteiger partial charge in [-0.3, -0.25) is 0 Å². The third-order valence-electron chi connectivity index (χ3n) is 3.27. The van der Waals surface area contributed by atoms with Gasteiger partial charge in [0, 0.05) is 12.6 Å². The molecule has 0 bridgehead atoms. The molecule has 2 aromatic carbocycles. The van der Waals surface area contributed by atoms with Gasteiger partial charge in [-0.05, 0) is 42.3 Å². The summed E-state index contributed by atoms with van der Waals surface area (Å²) in [5.74, 6) is 0.639. The number of nitrogens with zero attached hydrogens (tertiary/aromatic N) is 2. The lowest BCUT2D eigenvalue weighted by Gasteiger charge is -2.13. The summed E-state index contributed by atoms with van der Waals surface area (Å²) in [5, 5.41) is 21.1. The van der Waals surface area contributed by atoms with Crippen LogP contribution in [-0.2, 0) is 6.54 Å². The standard InChI is InChI=1S/C17H15N3O/c1-12-7-13(9-18)3-5-15(12)11-20-16-6-4-14(10-19)8-17(16)21-2/h3-8,20H,11H2,1-2H3. The van der Waals surface area contributed by atoms with E-state index in [2.05, 4.69) is 17.5 Å². The number of aryl methyl sites for hydroxylation is 1. The molecule has 21 heavy (non-hydrogen) atoms. The first kappa shape index (κ1) is 14.4. The molecule has 0 amide bonds. The average molecular weight is 277 g/mol. The molecule has 4 nitrogen and oxygen atoms in total. The quantitative estimate of drug-likeness (QED) is 0.930. The van der Waals surface area contributed by atoms with E-state index in [1.807, 2.05) is 25.1 Å². The Kier molecular flexibility index (Phi) is 4.43. The lowest BCUT2D eigenvalue weighted by atomic mass is 10.1. The van der Waals surface area contributed by atoms with Crippen molar-refractivity contribution in [2.24, 2.45) is 0 Å². The lowest BCUT2D eigenvalue weighted by molar-refractivity contribution is 0.416. The second-order valence-electron chi connectivity index (χ2n) is 4.63. The van der Waals surface area contributed by atoms with Gasteiger partial charge in [-0.25, -0.2) is 0 Å². The summed E-state index contributed by atoms with van der Waals surface area (Å²) in [4.78, 5) is 0. The van der Waals surface area contributed by atoms with Crippen LogP contribution in [-0.4, -0.2) is 7.11 Å². The van der Waals surface area contributed by atoms with E-state index in [9.17, 15) is 0 Å². The van der Waals surface area contributed by atoms with Crippen LogP contribution in [0.15, 0.2) is 36.4 Å². The molecule has 0 fully saturated rings. The Morgan fingerprint density at radius 2 is 1.71 bits per heavy atom. The SMILES string of the molecule is COc1cc(C#N)ccc1NCc1ccc(C#N)cc1C. The third-order valence-corrected chi connectivity index (χ3v) is 3.27. The van der Waals surface area contributed by atoms with Crippen molar-refractivity contribution >= 4 is 5.69 Å². The first-order valence-corrected chi connectivity index (χ1v) is 6.49. The third kappa shape index (κ3) is 3.32. The predicted molar refractivity (Wildman–Crippen MR) is 80.9 cm³/mol. The highest BCUT2D eigenvalue weighted by molar-refractivity contribution is 5.59. The molecule has 4 heteroatoms. The second-order valence-corrected chi connectivity index (χ2v) is 4.63. The van der Waals surface area contributed by atoms with Crippen LogP contribution < -0.4 is 10.1 Å². The molecule has 2 rings (SSSR count). The minimum atomic E-state index is 0.562. The van der Waals surface area contributed by atoms with E-state index in [1.165, 1.54) is 0 Å². The summed E-state index contributed by atoms with van der Waals surface area (Å²) in [6, 6.07) is 15.1. The Labute approximate surface area is 124 Å². The van der Waals surface area contributed by atoms with Crippen molar-refractivity contribution in [3.8, 4) is 17.9 Å². The zero-order valence-electron chi connectivity index (χ0n) is 12.0. The minimum absolute atomic E-state index is 0.562. The minimum Gasteiger partial charge on any atom is -0.495 e. The van der Waals surface area contributed by atoms with E-state index in [0.29, 0.717) is 23.4 Å². The van der Waals surface area contributed by atoms with Crippen molar-refractivity contribution in [2.45, 2.75) is 13.5 Å². The molecule has 0 radical (unpaired) electrons. The Morgan fingerprint density at radius 3 is 2.33 bits per heavy atom. The number of ether oxygens (including phenoxy) is 1. The Morgan fingerprint density at radius 1 is 1.05 bits per heavy atom. The summed E-state index contributed by atoms with van der Waals surface area (Å²) in [7, 11) is 1.58. The lowest BCUT2D eigenvalue weighted by Crippen LogP contribution is -2.03.